The first kappa shape index (κ1) is 13.8. The number of hydrogen-bond donors (Lipinski definition) is 0. The van der Waals surface area contributed by atoms with Crippen LogP contribution < -0.4 is 4.74 Å². The van der Waals surface area contributed by atoms with Crippen molar-refractivity contribution in [1.82, 2.24) is 0 Å². The molecular weight excluding hydrogens is 257 g/mol. The highest BCUT2D eigenvalue weighted by atomic mass is 32.2. The zero-order valence-electron chi connectivity index (χ0n) is 9.15. The van der Waals surface area contributed by atoms with Gasteiger partial charge in [-0.2, -0.15) is 13.2 Å². The number of benzene rings is 1. The van der Waals surface area contributed by atoms with Gasteiger partial charge >= 0.3 is 6.18 Å². The van der Waals surface area contributed by atoms with Crippen LogP contribution in [0.1, 0.15) is 6.92 Å². The molecule has 0 saturated carbocycles. The van der Waals surface area contributed by atoms with Gasteiger partial charge in [0.15, 0.2) is 15.9 Å². The molecule has 0 spiro atoms. The van der Waals surface area contributed by atoms with Gasteiger partial charge in [0, 0.05) is 6.26 Å². The second-order valence-corrected chi connectivity index (χ2v) is 5.56. The molecule has 7 heteroatoms. The Morgan fingerprint density at radius 1 is 1.18 bits per heavy atom. The minimum absolute atomic E-state index is 0.0257. The Morgan fingerprint density at radius 3 is 2.00 bits per heavy atom. The summed E-state index contributed by atoms with van der Waals surface area (Å²) in [4.78, 5) is 0.0320. The molecule has 0 aliphatic rings. The predicted octanol–water partition coefficient (Wildman–Crippen LogP) is 2.42. The van der Waals surface area contributed by atoms with Crippen molar-refractivity contribution < 1.29 is 26.3 Å². The average Bonchev–Trinajstić information content (AvgIpc) is 2.15. The zero-order valence-corrected chi connectivity index (χ0v) is 9.97. The number of hydrogen-bond acceptors (Lipinski definition) is 3. The fourth-order valence-electron chi connectivity index (χ4n) is 1.04. The molecule has 1 aromatic carbocycles. The number of alkyl halides is 3. The van der Waals surface area contributed by atoms with Crippen LogP contribution in [0.4, 0.5) is 13.2 Å². The molecular formula is C10H11F3O3S. The molecule has 0 fully saturated rings. The molecule has 1 aromatic rings. The van der Waals surface area contributed by atoms with Crippen LogP contribution in [-0.4, -0.2) is 27.0 Å². The zero-order chi connectivity index (χ0) is 13.3. The van der Waals surface area contributed by atoms with Gasteiger partial charge in [0.25, 0.3) is 0 Å². The van der Waals surface area contributed by atoms with Crippen LogP contribution in [0.5, 0.6) is 5.75 Å². The molecule has 3 nitrogen and oxygen atoms in total. The molecule has 0 aliphatic carbocycles. The molecule has 0 aliphatic heterocycles. The molecule has 0 amide bonds. The highest BCUT2D eigenvalue weighted by Gasteiger charge is 2.38. The summed E-state index contributed by atoms with van der Waals surface area (Å²) in [7, 11) is -3.35. The molecule has 1 atom stereocenters. The Labute approximate surface area is 97.1 Å². The van der Waals surface area contributed by atoms with Gasteiger partial charge in [-0.3, -0.25) is 0 Å². The lowest BCUT2D eigenvalue weighted by Crippen LogP contribution is -2.31. The molecule has 96 valence electrons. The summed E-state index contributed by atoms with van der Waals surface area (Å²) in [5.74, 6) is -0.0257. The van der Waals surface area contributed by atoms with Crippen LogP contribution in [0, 0.1) is 0 Å². The fraction of sp³-hybridized carbons (Fsp3) is 0.400. The van der Waals surface area contributed by atoms with Gasteiger partial charge in [0.1, 0.15) is 5.75 Å². The Balaban J connectivity index is 2.83. The third-order valence-electron chi connectivity index (χ3n) is 2.03. The molecule has 1 rings (SSSR count). The molecule has 0 aromatic heterocycles. The van der Waals surface area contributed by atoms with Gasteiger partial charge in [0.05, 0.1) is 4.90 Å². The van der Waals surface area contributed by atoms with E-state index in [4.69, 9.17) is 0 Å². The van der Waals surface area contributed by atoms with Crippen molar-refractivity contribution in [1.29, 1.82) is 0 Å². The first-order valence-electron chi connectivity index (χ1n) is 4.64. The Hall–Kier alpha value is -1.24. The van der Waals surface area contributed by atoms with Crippen molar-refractivity contribution in [2.45, 2.75) is 24.1 Å². The van der Waals surface area contributed by atoms with Crippen LogP contribution in [0.2, 0.25) is 0 Å². The van der Waals surface area contributed by atoms with E-state index in [0.29, 0.717) is 0 Å². The van der Waals surface area contributed by atoms with Crippen molar-refractivity contribution in [3.05, 3.63) is 24.3 Å². The Morgan fingerprint density at radius 2 is 1.65 bits per heavy atom. The maximum Gasteiger partial charge on any atom is 0.425 e. The van der Waals surface area contributed by atoms with E-state index in [9.17, 15) is 21.6 Å². The van der Waals surface area contributed by atoms with Crippen molar-refractivity contribution in [3.8, 4) is 5.75 Å². The summed E-state index contributed by atoms with van der Waals surface area (Å²) in [5.41, 5.74) is 0. The molecule has 0 bridgehead atoms. The van der Waals surface area contributed by atoms with E-state index in [1.807, 2.05) is 0 Å². The summed E-state index contributed by atoms with van der Waals surface area (Å²) in [6.07, 6.45) is -5.37. The summed E-state index contributed by atoms with van der Waals surface area (Å²) < 4.78 is 63.4. The van der Waals surface area contributed by atoms with Crippen molar-refractivity contribution in [3.63, 3.8) is 0 Å². The third kappa shape index (κ3) is 3.92. The van der Waals surface area contributed by atoms with Crippen LogP contribution in [0.3, 0.4) is 0 Å². The number of ether oxygens (including phenoxy) is 1. The maximum absolute atomic E-state index is 12.2. The predicted molar refractivity (Wildman–Crippen MR) is 55.7 cm³/mol. The number of rotatable bonds is 3. The van der Waals surface area contributed by atoms with Gasteiger partial charge in [0.2, 0.25) is 0 Å². The summed E-state index contributed by atoms with van der Waals surface area (Å²) >= 11 is 0. The fourth-order valence-corrected chi connectivity index (χ4v) is 1.67. The lowest BCUT2D eigenvalue weighted by molar-refractivity contribution is -0.189. The Bertz CT molecular complexity index is 477. The van der Waals surface area contributed by atoms with Crippen LogP contribution in [-0.2, 0) is 9.84 Å². The highest BCUT2D eigenvalue weighted by molar-refractivity contribution is 7.90. The van der Waals surface area contributed by atoms with Crippen molar-refractivity contribution in [2.75, 3.05) is 6.26 Å². The number of halogens is 3. The average molecular weight is 268 g/mol. The second-order valence-electron chi connectivity index (χ2n) is 3.55. The van der Waals surface area contributed by atoms with E-state index in [1.165, 1.54) is 24.3 Å². The van der Waals surface area contributed by atoms with Crippen LogP contribution in [0.25, 0.3) is 0 Å². The first-order valence-corrected chi connectivity index (χ1v) is 6.53. The molecule has 0 radical (unpaired) electrons. The normalized spacial score (nSPS) is 14.4. The topological polar surface area (TPSA) is 43.4 Å². The summed E-state index contributed by atoms with van der Waals surface area (Å²) in [6.45, 7) is 0.879. The first-order chi connectivity index (χ1) is 7.60. The van der Waals surface area contributed by atoms with E-state index < -0.39 is 22.1 Å². The molecule has 17 heavy (non-hydrogen) atoms. The molecule has 0 saturated heterocycles. The lowest BCUT2D eigenvalue weighted by atomic mass is 10.3. The van der Waals surface area contributed by atoms with Crippen molar-refractivity contribution in [2.24, 2.45) is 0 Å². The highest BCUT2D eigenvalue weighted by Crippen LogP contribution is 2.25. The SMILES string of the molecule is C[C@H](Oc1ccc(S(C)(=O)=O)cc1)C(F)(F)F. The van der Waals surface area contributed by atoms with E-state index in [1.54, 1.807) is 0 Å². The van der Waals surface area contributed by atoms with E-state index in [-0.39, 0.29) is 10.6 Å². The van der Waals surface area contributed by atoms with Gasteiger partial charge in [-0.25, -0.2) is 8.42 Å². The third-order valence-corrected chi connectivity index (χ3v) is 3.15. The van der Waals surface area contributed by atoms with Crippen LogP contribution in [0.15, 0.2) is 29.2 Å². The number of sulfone groups is 1. The van der Waals surface area contributed by atoms with E-state index in [2.05, 4.69) is 4.74 Å². The van der Waals surface area contributed by atoms with E-state index in [0.717, 1.165) is 13.2 Å². The van der Waals surface area contributed by atoms with Crippen molar-refractivity contribution >= 4 is 9.84 Å². The second kappa shape index (κ2) is 4.56. The summed E-state index contributed by atoms with van der Waals surface area (Å²) in [6, 6.07) is 4.79. The van der Waals surface area contributed by atoms with Gasteiger partial charge in [-0.05, 0) is 31.2 Å². The standard InChI is InChI=1S/C10H11F3O3S/c1-7(10(11,12)13)16-8-3-5-9(6-4-8)17(2,14)15/h3-7H,1-2H3/t7-/m0/s1. The molecule has 0 N–H and O–H groups in total. The van der Waals surface area contributed by atoms with E-state index >= 15 is 0 Å². The van der Waals surface area contributed by atoms with Gasteiger partial charge < -0.3 is 4.74 Å². The van der Waals surface area contributed by atoms with Crippen LogP contribution >= 0.6 is 0 Å². The quantitative estimate of drug-likeness (QED) is 0.845. The lowest BCUT2D eigenvalue weighted by Gasteiger charge is -2.17. The van der Waals surface area contributed by atoms with Gasteiger partial charge in [-0.1, -0.05) is 0 Å². The smallest absolute Gasteiger partial charge is 0.425 e. The molecule has 0 heterocycles. The summed E-state index contributed by atoms with van der Waals surface area (Å²) in [5, 5.41) is 0. The minimum atomic E-state index is -4.45. The largest absolute Gasteiger partial charge is 0.481 e. The monoisotopic (exact) mass is 268 g/mol. The Kier molecular flexibility index (Phi) is 3.71. The van der Waals surface area contributed by atoms with Gasteiger partial charge in [-0.15, -0.1) is 0 Å². The molecule has 0 unspecified atom stereocenters. The maximum atomic E-state index is 12.2. The minimum Gasteiger partial charge on any atom is -0.481 e.